The predicted octanol–water partition coefficient (Wildman–Crippen LogP) is 3.01. The van der Waals surface area contributed by atoms with Crippen LogP contribution in [0.5, 0.6) is 5.75 Å². The molecule has 1 amide bonds. The number of hydrogen-bond acceptors (Lipinski definition) is 7. The van der Waals surface area contributed by atoms with Crippen molar-refractivity contribution in [3.05, 3.63) is 71.0 Å². The van der Waals surface area contributed by atoms with Gasteiger partial charge in [0, 0.05) is 57.1 Å². The van der Waals surface area contributed by atoms with Crippen molar-refractivity contribution in [1.29, 1.82) is 0 Å². The van der Waals surface area contributed by atoms with Crippen LogP contribution in [0.15, 0.2) is 48.7 Å². The summed E-state index contributed by atoms with van der Waals surface area (Å²) in [5.41, 5.74) is 6.28. The summed E-state index contributed by atoms with van der Waals surface area (Å²) in [6.07, 6.45) is 2.59. The molecule has 2 aromatic carbocycles. The Labute approximate surface area is 224 Å². The maximum atomic E-state index is 12.9. The molecule has 2 aliphatic rings. The molecular formula is C29H37N5O4. The van der Waals surface area contributed by atoms with E-state index >= 15 is 0 Å². The van der Waals surface area contributed by atoms with E-state index in [4.69, 9.17) is 14.2 Å². The number of rotatable bonds is 4. The van der Waals surface area contributed by atoms with Gasteiger partial charge in [-0.05, 0) is 36.2 Å². The number of carbonyl (C=O) groups excluding carboxylic acids is 1. The van der Waals surface area contributed by atoms with Crippen LogP contribution in [0, 0.1) is 6.92 Å². The maximum absolute atomic E-state index is 12.9. The third-order valence-corrected chi connectivity index (χ3v) is 6.90. The Morgan fingerprint density at radius 2 is 1.76 bits per heavy atom. The summed E-state index contributed by atoms with van der Waals surface area (Å²) in [4.78, 5) is 17.4. The zero-order chi connectivity index (χ0) is 26.3. The first-order valence-electron chi connectivity index (χ1n) is 13.3. The lowest BCUT2D eigenvalue weighted by Crippen LogP contribution is -2.36. The van der Waals surface area contributed by atoms with Gasteiger partial charge in [0.25, 0.3) is 0 Å². The van der Waals surface area contributed by atoms with E-state index in [1.807, 2.05) is 20.2 Å². The van der Waals surface area contributed by atoms with Crippen molar-refractivity contribution in [3.8, 4) is 5.75 Å². The molecule has 202 valence electrons. The molecular weight excluding hydrogens is 482 g/mol. The van der Waals surface area contributed by atoms with Gasteiger partial charge in [-0.2, -0.15) is 5.10 Å². The van der Waals surface area contributed by atoms with E-state index in [0.29, 0.717) is 32.9 Å². The van der Waals surface area contributed by atoms with Gasteiger partial charge in [0.05, 0.1) is 44.4 Å². The van der Waals surface area contributed by atoms with Crippen LogP contribution < -0.4 is 15.0 Å². The predicted molar refractivity (Wildman–Crippen MR) is 147 cm³/mol. The van der Waals surface area contributed by atoms with E-state index in [1.54, 1.807) is 4.68 Å². The largest absolute Gasteiger partial charge is 0.491 e. The quantitative estimate of drug-likeness (QED) is 0.568. The van der Waals surface area contributed by atoms with E-state index in [-0.39, 0.29) is 12.5 Å². The topological polar surface area (TPSA) is 81.1 Å². The average Bonchev–Trinajstić information content (AvgIpc) is 3.22. The lowest BCUT2D eigenvalue weighted by molar-refractivity contribution is -0.117. The fourth-order valence-corrected chi connectivity index (χ4v) is 5.01. The number of benzene rings is 2. The molecule has 1 N–H and O–H groups in total. The summed E-state index contributed by atoms with van der Waals surface area (Å²) in [6.45, 7) is 8.24. The molecule has 0 unspecified atom stereocenters. The van der Waals surface area contributed by atoms with Gasteiger partial charge in [-0.1, -0.05) is 24.3 Å². The van der Waals surface area contributed by atoms with Crippen molar-refractivity contribution in [3.63, 3.8) is 0 Å². The van der Waals surface area contributed by atoms with Crippen LogP contribution in [-0.4, -0.2) is 79.8 Å². The summed E-state index contributed by atoms with van der Waals surface area (Å²) < 4.78 is 19.3. The van der Waals surface area contributed by atoms with E-state index in [0.717, 1.165) is 61.0 Å². The van der Waals surface area contributed by atoms with Crippen LogP contribution in [0.3, 0.4) is 0 Å². The standard InChI is InChI=1S/C29H37N5O4/c1-22-27(20-32(2)31-22)30-29(35)21-33-8-11-37-14-15-38-28-7-6-26(34-9-12-36-13-10-34)18-25(28)17-23-4-3-5-24(16-23)19-33/h3-7,16,18,20H,8-15,17,19,21H2,1-2H3,(H,30,35). The Kier molecular flexibility index (Phi) is 8.58. The van der Waals surface area contributed by atoms with Gasteiger partial charge in [-0.15, -0.1) is 0 Å². The molecule has 9 nitrogen and oxygen atoms in total. The van der Waals surface area contributed by atoms with E-state index in [9.17, 15) is 4.79 Å². The molecule has 2 aliphatic heterocycles. The van der Waals surface area contributed by atoms with Crippen molar-refractivity contribution in [2.75, 3.05) is 69.4 Å². The van der Waals surface area contributed by atoms with Crippen LogP contribution in [0.2, 0.25) is 0 Å². The number of nitrogens with zero attached hydrogens (tertiary/aromatic N) is 4. The molecule has 5 rings (SSSR count). The van der Waals surface area contributed by atoms with Crippen LogP contribution in [0.4, 0.5) is 11.4 Å². The van der Waals surface area contributed by atoms with Gasteiger partial charge < -0.3 is 24.4 Å². The van der Waals surface area contributed by atoms with Crippen molar-refractivity contribution >= 4 is 17.3 Å². The Morgan fingerprint density at radius 1 is 0.974 bits per heavy atom. The van der Waals surface area contributed by atoms with Gasteiger partial charge in [0.2, 0.25) is 5.91 Å². The van der Waals surface area contributed by atoms with Gasteiger partial charge in [-0.3, -0.25) is 14.4 Å². The molecule has 3 heterocycles. The molecule has 0 spiro atoms. The SMILES string of the molecule is Cc1nn(C)cc1NC(=O)CN1CCOCCOc2ccc(N3CCOCC3)cc2Cc2cccc(c2)C1. The maximum Gasteiger partial charge on any atom is 0.238 e. The number of aromatic nitrogens is 2. The Hall–Kier alpha value is -3.40. The number of carbonyl (C=O) groups is 1. The molecule has 2 bridgehead atoms. The molecule has 1 fully saturated rings. The van der Waals surface area contributed by atoms with E-state index < -0.39 is 0 Å². The fraction of sp³-hybridized carbons (Fsp3) is 0.448. The Morgan fingerprint density at radius 3 is 2.58 bits per heavy atom. The molecule has 1 saturated heterocycles. The minimum absolute atomic E-state index is 0.0636. The molecule has 0 aliphatic carbocycles. The normalized spacial score (nSPS) is 17.3. The number of fused-ring (bicyclic) bond motifs is 3. The second-order valence-electron chi connectivity index (χ2n) is 9.91. The Balaban J connectivity index is 1.33. The zero-order valence-corrected chi connectivity index (χ0v) is 22.3. The second-order valence-corrected chi connectivity index (χ2v) is 9.91. The number of anilines is 2. The number of aryl methyl sites for hydroxylation is 2. The molecule has 3 aromatic rings. The lowest BCUT2D eigenvalue weighted by Gasteiger charge is -2.29. The number of nitrogens with one attached hydrogen (secondary N) is 1. The van der Waals surface area contributed by atoms with Gasteiger partial charge in [0.1, 0.15) is 12.4 Å². The zero-order valence-electron chi connectivity index (χ0n) is 22.3. The van der Waals surface area contributed by atoms with Crippen LogP contribution in [0.1, 0.15) is 22.4 Å². The molecule has 9 heteroatoms. The summed E-state index contributed by atoms with van der Waals surface area (Å²) in [7, 11) is 1.85. The second kappa shape index (κ2) is 12.4. The van der Waals surface area contributed by atoms with E-state index in [2.05, 4.69) is 62.7 Å². The fourth-order valence-electron chi connectivity index (χ4n) is 5.01. The van der Waals surface area contributed by atoms with Crippen molar-refractivity contribution in [1.82, 2.24) is 14.7 Å². The summed E-state index contributed by atoms with van der Waals surface area (Å²) in [5, 5.41) is 7.31. The van der Waals surface area contributed by atoms with Crippen molar-refractivity contribution in [2.24, 2.45) is 7.05 Å². The van der Waals surface area contributed by atoms with Crippen molar-refractivity contribution < 1.29 is 19.0 Å². The van der Waals surface area contributed by atoms with Gasteiger partial charge >= 0.3 is 0 Å². The number of hydrogen-bond donors (Lipinski definition) is 1. The molecule has 38 heavy (non-hydrogen) atoms. The number of amides is 1. The smallest absolute Gasteiger partial charge is 0.238 e. The summed E-state index contributed by atoms with van der Waals surface area (Å²) in [5.74, 6) is 0.836. The molecule has 0 atom stereocenters. The molecule has 0 radical (unpaired) electrons. The molecule has 1 aromatic heterocycles. The highest BCUT2D eigenvalue weighted by atomic mass is 16.5. The minimum atomic E-state index is -0.0636. The third kappa shape index (κ3) is 6.92. The van der Waals surface area contributed by atoms with E-state index in [1.165, 1.54) is 11.3 Å². The highest BCUT2D eigenvalue weighted by Crippen LogP contribution is 2.28. The van der Waals surface area contributed by atoms with Crippen molar-refractivity contribution in [2.45, 2.75) is 19.9 Å². The summed E-state index contributed by atoms with van der Waals surface area (Å²) in [6, 6.07) is 15.1. The average molecular weight is 520 g/mol. The number of ether oxygens (including phenoxy) is 3. The first kappa shape index (κ1) is 26.2. The van der Waals surface area contributed by atoms with Crippen LogP contribution in [-0.2, 0) is 34.3 Å². The number of morpholine rings is 1. The monoisotopic (exact) mass is 519 g/mol. The van der Waals surface area contributed by atoms with Gasteiger partial charge in [-0.25, -0.2) is 0 Å². The third-order valence-electron chi connectivity index (χ3n) is 6.90. The van der Waals surface area contributed by atoms with Crippen LogP contribution in [0.25, 0.3) is 0 Å². The first-order chi connectivity index (χ1) is 18.5. The van der Waals surface area contributed by atoms with Crippen LogP contribution >= 0.6 is 0 Å². The summed E-state index contributed by atoms with van der Waals surface area (Å²) >= 11 is 0. The van der Waals surface area contributed by atoms with Gasteiger partial charge in [0.15, 0.2) is 0 Å². The minimum Gasteiger partial charge on any atom is -0.491 e. The Bertz CT molecular complexity index is 1240. The highest BCUT2D eigenvalue weighted by molar-refractivity contribution is 5.92. The first-order valence-corrected chi connectivity index (χ1v) is 13.3. The highest BCUT2D eigenvalue weighted by Gasteiger charge is 2.17. The molecule has 0 saturated carbocycles. The lowest BCUT2D eigenvalue weighted by atomic mass is 10.0.